The molecule has 0 bridgehead atoms. The van der Waals surface area contributed by atoms with E-state index in [1.165, 1.54) is 0 Å². The van der Waals surface area contributed by atoms with Crippen LogP contribution < -0.4 is 4.84 Å². The number of aliphatic carboxylic acids is 1. The van der Waals surface area contributed by atoms with E-state index >= 15 is 0 Å². The van der Waals surface area contributed by atoms with Gasteiger partial charge in [-0.25, -0.2) is 4.79 Å². The van der Waals surface area contributed by atoms with Crippen molar-refractivity contribution in [3.63, 3.8) is 0 Å². The van der Waals surface area contributed by atoms with Gasteiger partial charge in [-0.15, -0.1) is 0 Å². The number of carboxylic acid groups (broad SMARTS) is 1. The summed E-state index contributed by atoms with van der Waals surface area (Å²) in [6.45, 7) is 0. The fraction of sp³-hybridized carbons (Fsp3) is 0.111. The van der Waals surface area contributed by atoms with Gasteiger partial charge in [0.25, 0.3) is 0 Å². The van der Waals surface area contributed by atoms with E-state index in [2.05, 4.69) is 21.1 Å². The number of benzene rings is 1. The van der Waals surface area contributed by atoms with Crippen molar-refractivity contribution in [3.8, 4) is 5.75 Å². The van der Waals surface area contributed by atoms with Crippen molar-refractivity contribution in [2.75, 3.05) is 0 Å². The maximum Gasteiger partial charge on any atom is 0.354 e. The van der Waals surface area contributed by atoms with E-state index in [4.69, 9.17) is 9.94 Å². The first-order chi connectivity index (χ1) is 6.66. The zero-order valence-corrected chi connectivity index (χ0v) is 8.61. The van der Waals surface area contributed by atoms with Crippen molar-refractivity contribution in [2.45, 2.75) is 6.42 Å². The van der Waals surface area contributed by atoms with E-state index in [0.29, 0.717) is 12.2 Å². The van der Waals surface area contributed by atoms with Gasteiger partial charge in [-0.1, -0.05) is 21.1 Å². The lowest BCUT2D eigenvalue weighted by molar-refractivity contribution is -0.129. The zero-order valence-electron chi connectivity index (χ0n) is 7.03. The topological polar surface area (TPSA) is 58.9 Å². The summed E-state index contributed by atoms with van der Waals surface area (Å²) in [6.07, 6.45) is 0.296. The maximum atomic E-state index is 10.6. The maximum absolute atomic E-state index is 10.6. The Labute approximate surface area is 88.3 Å². The first kappa shape index (κ1) is 9.21. The summed E-state index contributed by atoms with van der Waals surface area (Å²) in [5.41, 5.74) is 0.849. The van der Waals surface area contributed by atoms with Gasteiger partial charge in [0, 0.05) is 16.5 Å². The average molecular weight is 256 g/mol. The molecular formula is C9H6BrNO3. The molecule has 0 spiro atoms. The van der Waals surface area contributed by atoms with Gasteiger partial charge in [0.05, 0.1) is 0 Å². The summed E-state index contributed by atoms with van der Waals surface area (Å²) in [5, 5.41) is 12.2. The molecule has 0 saturated heterocycles. The van der Waals surface area contributed by atoms with Gasteiger partial charge in [0.1, 0.15) is 0 Å². The molecule has 0 saturated carbocycles. The number of rotatable bonds is 1. The third-order valence-electron chi connectivity index (χ3n) is 1.88. The molecule has 0 radical (unpaired) electrons. The molecule has 1 aromatic rings. The fourth-order valence-corrected chi connectivity index (χ4v) is 1.62. The Balaban J connectivity index is 2.35. The smallest absolute Gasteiger partial charge is 0.354 e. The number of oxime groups is 1. The molecule has 0 unspecified atom stereocenters. The van der Waals surface area contributed by atoms with Crippen LogP contribution in [0.1, 0.15) is 5.56 Å². The third kappa shape index (κ3) is 1.63. The molecule has 1 aromatic carbocycles. The van der Waals surface area contributed by atoms with Gasteiger partial charge >= 0.3 is 5.97 Å². The van der Waals surface area contributed by atoms with Crippen LogP contribution in [0.4, 0.5) is 0 Å². The average Bonchev–Trinajstić information content (AvgIpc) is 2.16. The Kier molecular flexibility index (Phi) is 2.25. The largest absolute Gasteiger partial charge is 0.477 e. The highest BCUT2D eigenvalue weighted by Gasteiger charge is 2.19. The third-order valence-corrected chi connectivity index (χ3v) is 2.37. The van der Waals surface area contributed by atoms with Crippen molar-refractivity contribution in [1.82, 2.24) is 0 Å². The predicted octanol–water partition coefficient (Wildman–Crippen LogP) is 1.82. The summed E-state index contributed by atoms with van der Waals surface area (Å²) in [7, 11) is 0. The molecule has 0 fully saturated rings. The minimum Gasteiger partial charge on any atom is -0.477 e. The summed E-state index contributed by atoms with van der Waals surface area (Å²) >= 11 is 3.30. The van der Waals surface area contributed by atoms with E-state index in [1.54, 1.807) is 6.07 Å². The number of fused-ring (bicyclic) bond motifs is 1. The molecule has 1 N–H and O–H groups in total. The van der Waals surface area contributed by atoms with Gasteiger partial charge in [0.2, 0.25) is 0 Å². The molecule has 1 aliphatic heterocycles. The molecule has 0 aromatic heterocycles. The molecule has 2 rings (SSSR count). The summed E-state index contributed by atoms with van der Waals surface area (Å²) < 4.78 is 0.895. The minimum atomic E-state index is -1.05. The van der Waals surface area contributed by atoms with Crippen LogP contribution >= 0.6 is 15.9 Å². The summed E-state index contributed by atoms with van der Waals surface area (Å²) in [4.78, 5) is 15.6. The highest BCUT2D eigenvalue weighted by atomic mass is 79.9. The second-order valence-electron chi connectivity index (χ2n) is 2.86. The Morgan fingerprint density at radius 3 is 3.07 bits per heavy atom. The van der Waals surface area contributed by atoms with Crippen LogP contribution in [0.2, 0.25) is 0 Å². The van der Waals surface area contributed by atoms with Crippen LogP contribution in [-0.2, 0) is 11.2 Å². The molecule has 4 nitrogen and oxygen atoms in total. The second-order valence-corrected chi connectivity index (χ2v) is 3.78. The van der Waals surface area contributed by atoms with Crippen molar-refractivity contribution in [1.29, 1.82) is 0 Å². The summed E-state index contributed by atoms with van der Waals surface area (Å²) in [5.74, 6) is -0.436. The van der Waals surface area contributed by atoms with Gasteiger partial charge in [-0.2, -0.15) is 0 Å². The van der Waals surface area contributed by atoms with E-state index < -0.39 is 5.97 Å². The van der Waals surface area contributed by atoms with Gasteiger partial charge in [0.15, 0.2) is 11.5 Å². The molecular weight excluding hydrogens is 250 g/mol. The number of hydrogen-bond donors (Lipinski definition) is 1. The number of carboxylic acids is 1. The fourth-order valence-electron chi connectivity index (χ4n) is 1.21. The summed E-state index contributed by atoms with van der Waals surface area (Å²) in [6, 6.07) is 5.40. The lowest BCUT2D eigenvalue weighted by atomic mass is 10.1. The van der Waals surface area contributed by atoms with Gasteiger partial charge in [-0.3, -0.25) is 0 Å². The van der Waals surface area contributed by atoms with Crippen LogP contribution in [-0.4, -0.2) is 16.8 Å². The van der Waals surface area contributed by atoms with Crippen LogP contribution in [0.5, 0.6) is 5.75 Å². The highest BCUT2D eigenvalue weighted by Crippen LogP contribution is 2.26. The highest BCUT2D eigenvalue weighted by molar-refractivity contribution is 9.10. The minimum absolute atomic E-state index is 0.0237. The van der Waals surface area contributed by atoms with Crippen LogP contribution in [0, 0.1) is 0 Å². The zero-order chi connectivity index (χ0) is 10.1. The monoisotopic (exact) mass is 255 g/mol. The molecule has 14 heavy (non-hydrogen) atoms. The number of hydrogen-bond acceptors (Lipinski definition) is 3. The van der Waals surface area contributed by atoms with E-state index in [1.807, 2.05) is 12.1 Å². The Morgan fingerprint density at radius 2 is 2.36 bits per heavy atom. The van der Waals surface area contributed by atoms with Crippen LogP contribution in [0.25, 0.3) is 0 Å². The standard InChI is InChI=1S/C9H6BrNO3/c10-6-1-2-8-5(3-6)4-7(9(12)13)11-14-8/h1-3H,4H2,(H,12,13). The predicted molar refractivity (Wildman–Crippen MR) is 53.5 cm³/mol. The molecule has 0 atom stereocenters. The van der Waals surface area contributed by atoms with Crippen molar-refractivity contribution < 1.29 is 14.7 Å². The van der Waals surface area contributed by atoms with E-state index in [-0.39, 0.29) is 5.71 Å². The van der Waals surface area contributed by atoms with E-state index in [0.717, 1.165) is 10.0 Å². The van der Waals surface area contributed by atoms with E-state index in [9.17, 15) is 4.79 Å². The van der Waals surface area contributed by atoms with Crippen LogP contribution in [0.15, 0.2) is 27.8 Å². The Hall–Kier alpha value is -1.36. The number of halogens is 1. The molecule has 72 valence electrons. The number of nitrogens with zero attached hydrogens (tertiary/aromatic N) is 1. The Bertz CT molecular complexity index is 428. The lowest BCUT2D eigenvalue weighted by Gasteiger charge is -2.12. The SMILES string of the molecule is O=C(O)C1=NOc2ccc(Br)cc2C1. The van der Waals surface area contributed by atoms with Crippen LogP contribution in [0.3, 0.4) is 0 Å². The first-order valence-electron chi connectivity index (χ1n) is 3.92. The quantitative estimate of drug-likeness (QED) is 0.833. The molecule has 0 aliphatic carbocycles. The number of carbonyl (C=O) groups is 1. The normalized spacial score (nSPS) is 13.9. The molecule has 1 heterocycles. The lowest BCUT2D eigenvalue weighted by Crippen LogP contribution is -2.20. The first-order valence-corrected chi connectivity index (χ1v) is 4.72. The van der Waals surface area contributed by atoms with Crippen molar-refractivity contribution >= 4 is 27.6 Å². The molecule has 1 aliphatic rings. The van der Waals surface area contributed by atoms with Crippen molar-refractivity contribution in [2.24, 2.45) is 5.16 Å². The Morgan fingerprint density at radius 1 is 1.57 bits per heavy atom. The molecule has 5 heteroatoms. The van der Waals surface area contributed by atoms with Gasteiger partial charge in [-0.05, 0) is 18.2 Å². The van der Waals surface area contributed by atoms with Gasteiger partial charge < -0.3 is 9.94 Å². The molecule has 0 amide bonds. The van der Waals surface area contributed by atoms with Crippen molar-refractivity contribution in [3.05, 3.63) is 28.2 Å². The second kappa shape index (κ2) is 3.42.